The monoisotopic (exact) mass is 510 g/mol. The van der Waals surface area contributed by atoms with Crippen molar-refractivity contribution in [1.82, 2.24) is 19.7 Å². The summed E-state index contributed by atoms with van der Waals surface area (Å²) in [5, 5.41) is 12.4. The third kappa shape index (κ3) is 7.03. The van der Waals surface area contributed by atoms with Crippen molar-refractivity contribution in [3.05, 3.63) is 50.7 Å². The molecule has 0 bridgehead atoms. The third-order valence-electron chi connectivity index (χ3n) is 6.05. The second kappa shape index (κ2) is 12.1. The topological polar surface area (TPSA) is 144 Å². The van der Waals surface area contributed by atoms with E-state index in [1.807, 2.05) is 11.8 Å². The zero-order valence-corrected chi connectivity index (χ0v) is 20.6. The molecule has 1 saturated heterocycles. The molecule has 3 rings (SSSR count). The first kappa shape index (κ1) is 26.6. The Bertz CT molecular complexity index is 952. The molecule has 1 aromatic rings. The number of ether oxygens (including phenoxy) is 2. The fourth-order valence-corrected chi connectivity index (χ4v) is 4.45. The summed E-state index contributed by atoms with van der Waals surface area (Å²) in [6.07, 6.45) is 2.42. The van der Waals surface area contributed by atoms with Crippen molar-refractivity contribution >= 4 is 23.5 Å². The fraction of sp³-hybridized carbons (Fsp3) is 0.591. The Kier molecular flexibility index (Phi) is 9.24. The molecule has 0 saturated carbocycles. The first-order chi connectivity index (χ1) is 16.7. The maximum absolute atomic E-state index is 12.6. The third-order valence-corrected chi connectivity index (χ3v) is 6.27. The van der Waals surface area contributed by atoms with Crippen LogP contribution in [-0.4, -0.2) is 88.6 Å². The smallest absolute Gasteiger partial charge is 0.320 e. The molecule has 2 aliphatic heterocycles. The van der Waals surface area contributed by atoms with E-state index >= 15 is 0 Å². The summed E-state index contributed by atoms with van der Waals surface area (Å²) in [4.78, 5) is 45.2. The summed E-state index contributed by atoms with van der Waals surface area (Å²) in [7, 11) is 1.65. The molecule has 2 atom stereocenters. The number of hydrogen-bond donors (Lipinski definition) is 1. The first-order valence-corrected chi connectivity index (χ1v) is 11.8. The highest BCUT2D eigenvalue weighted by molar-refractivity contribution is 6.29. The van der Waals surface area contributed by atoms with Crippen LogP contribution in [0.15, 0.2) is 29.8 Å². The van der Waals surface area contributed by atoms with Crippen LogP contribution in [0.4, 0.5) is 0 Å². The maximum Gasteiger partial charge on any atom is 0.320 e. The standard InChI is InChI=1S/C22H31ClN6O6/c1-3-27(11-15-6-7-18(23)25-10-15)22-17(29(32)33)12-28(20(26(22)2)9-19(24)30)13-21(31)35-14-16-5-4-8-34-16/h6-7,10,16,20H,3-5,8-9,11-14H2,1-2H3,(H2,24,30). The minimum absolute atomic E-state index is 0.0936. The van der Waals surface area contributed by atoms with Crippen molar-refractivity contribution in [3.63, 3.8) is 0 Å². The normalized spacial score (nSPS) is 20.7. The lowest BCUT2D eigenvalue weighted by molar-refractivity contribution is -0.434. The number of hydrogen-bond acceptors (Lipinski definition) is 10. The molecular formula is C22H31ClN6O6. The van der Waals surface area contributed by atoms with Crippen LogP contribution in [0, 0.1) is 10.1 Å². The number of rotatable bonds is 11. The number of carbonyl (C=O) groups excluding carboxylic acids is 2. The summed E-state index contributed by atoms with van der Waals surface area (Å²) in [5.41, 5.74) is 6.21. The number of amides is 1. The minimum atomic E-state index is -0.668. The minimum Gasteiger partial charge on any atom is -0.462 e. The van der Waals surface area contributed by atoms with Gasteiger partial charge in [0.2, 0.25) is 5.91 Å². The van der Waals surface area contributed by atoms with Gasteiger partial charge in [-0.1, -0.05) is 17.7 Å². The molecule has 0 radical (unpaired) electrons. The van der Waals surface area contributed by atoms with Crippen molar-refractivity contribution in [2.75, 3.05) is 39.9 Å². The molecular weight excluding hydrogens is 480 g/mol. The molecule has 192 valence electrons. The maximum atomic E-state index is 12.6. The van der Waals surface area contributed by atoms with Crippen LogP contribution < -0.4 is 5.73 Å². The van der Waals surface area contributed by atoms with Gasteiger partial charge in [0, 0.05) is 32.9 Å². The lowest BCUT2D eigenvalue weighted by Crippen LogP contribution is -2.57. The number of nitrogens with zero attached hydrogens (tertiary/aromatic N) is 5. The van der Waals surface area contributed by atoms with E-state index in [0.29, 0.717) is 30.7 Å². The highest BCUT2D eigenvalue weighted by Crippen LogP contribution is 2.29. The van der Waals surface area contributed by atoms with Gasteiger partial charge in [-0.3, -0.25) is 24.6 Å². The number of primary amides is 1. The number of halogens is 1. The van der Waals surface area contributed by atoms with E-state index in [1.165, 1.54) is 0 Å². The molecule has 0 aromatic carbocycles. The van der Waals surface area contributed by atoms with E-state index in [1.54, 1.807) is 35.2 Å². The van der Waals surface area contributed by atoms with Gasteiger partial charge in [0.1, 0.15) is 11.8 Å². The van der Waals surface area contributed by atoms with Gasteiger partial charge in [-0.25, -0.2) is 4.98 Å². The van der Waals surface area contributed by atoms with Gasteiger partial charge in [-0.2, -0.15) is 0 Å². The second-order valence-electron chi connectivity index (χ2n) is 8.52. The summed E-state index contributed by atoms with van der Waals surface area (Å²) in [6.45, 7) is 3.04. The van der Waals surface area contributed by atoms with Crippen LogP contribution in [0.5, 0.6) is 0 Å². The van der Waals surface area contributed by atoms with Gasteiger partial charge in [0.05, 0.1) is 36.7 Å². The summed E-state index contributed by atoms with van der Waals surface area (Å²) < 4.78 is 10.8. The molecule has 1 amide bonds. The van der Waals surface area contributed by atoms with E-state index in [2.05, 4.69) is 4.98 Å². The van der Waals surface area contributed by atoms with Gasteiger partial charge in [-0.05, 0) is 31.4 Å². The van der Waals surface area contributed by atoms with E-state index in [0.717, 1.165) is 18.4 Å². The van der Waals surface area contributed by atoms with Crippen LogP contribution in [0.3, 0.4) is 0 Å². The average Bonchev–Trinajstić information content (AvgIpc) is 3.33. The highest BCUT2D eigenvalue weighted by Gasteiger charge is 2.41. The Morgan fingerprint density at radius 1 is 1.43 bits per heavy atom. The molecule has 0 aliphatic carbocycles. The molecule has 1 fully saturated rings. The van der Waals surface area contributed by atoms with Gasteiger partial charge in [0.25, 0.3) is 5.70 Å². The largest absolute Gasteiger partial charge is 0.462 e. The van der Waals surface area contributed by atoms with Crippen molar-refractivity contribution in [2.45, 2.75) is 45.0 Å². The fourth-order valence-electron chi connectivity index (χ4n) is 4.34. The number of esters is 1. The SMILES string of the molecule is CCN(Cc1ccc(Cl)nc1)C1=C([N+](=O)[O-])CN(CC(=O)OCC2CCCO2)C(CC(N)=O)N1C. The number of nitrogens with two attached hydrogens (primary N) is 1. The molecule has 1 aromatic heterocycles. The summed E-state index contributed by atoms with van der Waals surface area (Å²) >= 11 is 5.88. The highest BCUT2D eigenvalue weighted by atomic mass is 35.5. The Labute approximate surface area is 208 Å². The molecule has 13 heteroatoms. The second-order valence-corrected chi connectivity index (χ2v) is 8.90. The Balaban J connectivity index is 1.84. The molecule has 2 aliphatic rings. The van der Waals surface area contributed by atoms with Crippen molar-refractivity contribution in [1.29, 1.82) is 0 Å². The van der Waals surface area contributed by atoms with Gasteiger partial charge in [0.15, 0.2) is 5.82 Å². The molecule has 12 nitrogen and oxygen atoms in total. The van der Waals surface area contributed by atoms with Crippen LogP contribution in [-0.2, 0) is 25.6 Å². The van der Waals surface area contributed by atoms with Crippen molar-refractivity contribution in [2.24, 2.45) is 5.73 Å². The van der Waals surface area contributed by atoms with Gasteiger partial charge >= 0.3 is 5.97 Å². The average molecular weight is 511 g/mol. The predicted octanol–water partition coefficient (Wildman–Crippen LogP) is 1.17. The Morgan fingerprint density at radius 3 is 2.77 bits per heavy atom. The van der Waals surface area contributed by atoms with Crippen molar-refractivity contribution in [3.8, 4) is 0 Å². The van der Waals surface area contributed by atoms with E-state index in [4.69, 9.17) is 26.8 Å². The lowest BCUT2D eigenvalue weighted by atomic mass is 10.1. The van der Waals surface area contributed by atoms with Gasteiger partial charge in [-0.15, -0.1) is 0 Å². The molecule has 2 N–H and O–H groups in total. The van der Waals surface area contributed by atoms with Crippen LogP contribution in [0.25, 0.3) is 0 Å². The van der Waals surface area contributed by atoms with E-state index < -0.39 is 23.0 Å². The van der Waals surface area contributed by atoms with Crippen LogP contribution in [0.2, 0.25) is 5.15 Å². The zero-order valence-electron chi connectivity index (χ0n) is 19.9. The van der Waals surface area contributed by atoms with Crippen LogP contribution in [0.1, 0.15) is 31.7 Å². The quantitative estimate of drug-likeness (QED) is 0.199. The Morgan fingerprint density at radius 2 is 2.20 bits per heavy atom. The molecule has 3 heterocycles. The summed E-state index contributed by atoms with van der Waals surface area (Å²) in [5.74, 6) is -0.787. The molecule has 0 spiro atoms. The number of carbonyl (C=O) groups is 2. The summed E-state index contributed by atoms with van der Waals surface area (Å²) in [6, 6.07) is 3.45. The van der Waals surface area contributed by atoms with Crippen LogP contribution >= 0.6 is 11.6 Å². The number of pyridine rings is 1. The Hall–Kier alpha value is -2.96. The van der Waals surface area contributed by atoms with Gasteiger partial charge < -0.3 is 25.0 Å². The van der Waals surface area contributed by atoms with Crippen molar-refractivity contribution < 1.29 is 24.0 Å². The number of aromatic nitrogens is 1. The van der Waals surface area contributed by atoms with E-state index in [9.17, 15) is 19.7 Å². The zero-order chi connectivity index (χ0) is 25.5. The molecule has 2 unspecified atom stereocenters. The molecule has 35 heavy (non-hydrogen) atoms. The van der Waals surface area contributed by atoms with E-state index in [-0.39, 0.29) is 37.9 Å². The number of nitro groups is 1. The first-order valence-electron chi connectivity index (χ1n) is 11.4. The lowest BCUT2D eigenvalue weighted by Gasteiger charge is -2.44. The predicted molar refractivity (Wildman–Crippen MR) is 126 cm³/mol.